The molecule has 3 nitrogen and oxygen atoms in total. The van der Waals surface area contributed by atoms with Crippen molar-refractivity contribution < 1.29 is 9.53 Å². The van der Waals surface area contributed by atoms with E-state index in [2.05, 4.69) is 11.8 Å². The molecule has 2 fully saturated rings. The Labute approximate surface area is 105 Å². The van der Waals surface area contributed by atoms with Gasteiger partial charge in [-0.3, -0.25) is 9.69 Å². The molecule has 2 aliphatic rings. The van der Waals surface area contributed by atoms with Crippen LogP contribution in [0.1, 0.15) is 45.4 Å². The van der Waals surface area contributed by atoms with Gasteiger partial charge in [-0.25, -0.2) is 0 Å². The molecule has 0 aromatic carbocycles. The second-order valence-electron chi connectivity index (χ2n) is 5.62. The van der Waals surface area contributed by atoms with Crippen LogP contribution in [0.15, 0.2) is 0 Å². The zero-order chi connectivity index (χ0) is 12.3. The van der Waals surface area contributed by atoms with Gasteiger partial charge < -0.3 is 4.74 Å². The van der Waals surface area contributed by atoms with E-state index in [4.69, 9.17) is 4.74 Å². The van der Waals surface area contributed by atoms with E-state index in [1.54, 1.807) is 0 Å². The Bertz CT molecular complexity index is 259. The van der Waals surface area contributed by atoms with Gasteiger partial charge in [-0.2, -0.15) is 0 Å². The minimum absolute atomic E-state index is 0.0431. The van der Waals surface area contributed by atoms with Crippen LogP contribution in [0.2, 0.25) is 0 Å². The van der Waals surface area contributed by atoms with Gasteiger partial charge in [0.05, 0.1) is 7.11 Å². The minimum atomic E-state index is -0.0431. The maximum Gasteiger partial charge on any atom is 0.323 e. The molecule has 17 heavy (non-hydrogen) atoms. The Morgan fingerprint density at radius 3 is 2.29 bits per heavy atom. The summed E-state index contributed by atoms with van der Waals surface area (Å²) < 4.78 is 4.83. The van der Waals surface area contributed by atoms with Crippen molar-refractivity contribution in [2.24, 2.45) is 11.8 Å². The lowest BCUT2D eigenvalue weighted by Crippen LogP contribution is -2.54. The molecule has 1 atom stereocenters. The first kappa shape index (κ1) is 12.9. The molecule has 3 heteroatoms. The van der Waals surface area contributed by atoms with Gasteiger partial charge in [0.1, 0.15) is 6.04 Å². The number of ether oxygens (including phenoxy) is 1. The van der Waals surface area contributed by atoms with E-state index in [-0.39, 0.29) is 12.0 Å². The highest BCUT2D eigenvalue weighted by molar-refractivity contribution is 5.76. The van der Waals surface area contributed by atoms with Crippen LogP contribution < -0.4 is 0 Å². The van der Waals surface area contributed by atoms with Gasteiger partial charge in [0, 0.05) is 13.1 Å². The van der Waals surface area contributed by atoms with Crippen LogP contribution in [0.25, 0.3) is 0 Å². The number of hydrogen-bond donors (Lipinski definition) is 0. The van der Waals surface area contributed by atoms with Crippen LogP contribution in [0.5, 0.6) is 0 Å². The summed E-state index contributed by atoms with van der Waals surface area (Å²) in [5.74, 6) is 1.72. The van der Waals surface area contributed by atoms with Crippen LogP contribution in [0.3, 0.4) is 0 Å². The first-order chi connectivity index (χ1) is 8.24. The number of methoxy groups -OCH3 is 1. The van der Waals surface area contributed by atoms with Crippen molar-refractivity contribution in [1.29, 1.82) is 0 Å². The zero-order valence-corrected chi connectivity index (χ0v) is 11.2. The van der Waals surface area contributed by atoms with Crippen LogP contribution in [0.4, 0.5) is 0 Å². The summed E-state index contributed by atoms with van der Waals surface area (Å²) in [6.45, 7) is 4.48. The molecule has 1 aliphatic carbocycles. The van der Waals surface area contributed by atoms with E-state index in [1.807, 2.05) is 0 Å². The molecule has 2 rings (SSSR count). The van der Waals surface area contributed by atoms with Gasteiger partial charge in [-0.1, -0.05) is 26.2 Å². The van der Waals surface area contributed by atoms with Crippen molar-refractivity contribution in [1.82, 2.24) is 4.90 Å². The number of nitrogens with zero attached hydrogens (tertiary/aromatic N) is 1. The topological polar surface area (TPSA) is 29.5 Å². The molecule has 0 bridgehead atoms. The second kappa shape index (κ2) is 5.85. The second-order valence-corrected chi connectivity index (χ2v) is 5.62. The van der Waals surface area contributed by atoms with Gasteiger partial charge in [0.25, 0.3) is 0 Å². The molecule has 0 spiro atoms. The molecule has 0 aromatic rings. The van der Waals surface area contributed by atoms with Crippen molar-refractivity contribution in [3.05, 3.63) is 0 Å². The summed E-state index contributed by atoms with van der Waals surface area (Å²) in [5, 5.41) is 0. The Hall–Kier alpha value is -0.570. The number of carbonyl (C=O) groups excluding carboxylic acids is 1. The third-order valence-corrected chi connectivity index (χ3v) is 4.64. The number of rotatable bonds is 4. The van der Waals surface area contributed by atoms with Gasteiger partial charge in [-0.05, 0) is 31.1 Å². The molecule has 1 aliphatic heterocycles. The lowest BCUT2D eigenvalue weighted by Gasteiger charge is -2.42. The molecule has 0 aromatic heterocycles. The van der Waals surface area contributed by atoms with Crippen LogP contribution in [-0.2, 0) is 9.53 Å². The molecule has 1 heterocycles. The lowest BCUT2D eigenvalue weighted by atomic mass is 9.80. The summed E-state index contributed by atoms with van der Waals surface area (Å²) >= 11 is 0. The van der Waals surface area contributed by atoms with E-state index in [0.717, 1.165) is 31.3 Å². The standard InChI is InChI=1S/C14H25NO2/c1-3-11-4-6-12(7-5-11)10-15-9-8-13(15)14(16)17-2/h11-13H,3-10H2,1-2H3. The monoisotopic (exact) mass is 239 g/mol. The van der Waals surface area contributed by atoms with Gasteiger partial charge in [-0.15, -0.1) is 0 Å². The third kappa shape index (κ3) is 3.01. The SMILES string of the molecule is CCC1CCC(CN2CCC2C(=O)OC)CC1. The predicted molar refractivity (Wildman–Crippen MR) is 67.7 cm³/mol. The molecular formula is C14H25NO2. The van der Waals surface area contributed by atoms with E-state index < -0.39 is 0 Å². The first-order valence-electron chi connectivity index (χ1n) is 7.06. The number of likely N-dealkylation sites (tertiary alicyclic amines) is 1. The summed E-state index contributed by atoms with van der Waals surface area (Å²) in [4.78, 5) is 13.8. The van der Waals surface area contributed by atoms with Crippen LogP contribution in [0, 0.1) is 11.8 Å². The minimum Gasteiger partial charge on any atom is -0.468 e. The Balaban J connectivity index is 1.73. The average molecular weight is 239 g/mol. The zero-order valence-electron chi connectivity index (χ0n) is 11.2. The molecule has 1 saturated heterocycles. The highest BCUT2D eigenvalue weighted by Crippen LogP contribution is 2.32. The summed E-state index contributed by atoms with van der Waals surface area (Å²) in [6.07, 6.45) is 7.79. The van der Waals surface area contributed by atoms with E-state index >= 15 is 0 Å². The number of esters is 1. The van der Waals surface area contributed by atoms with Crippen molar-refractivity contribution >= 4 is 5.97 Å². The van der Waals surface area contributed by atoms with Crippen LogP contribution >= 0.6 is 0 Å². The molecular weight excluding hydrogens is 214 g/mol. The summed E-state index contributed by atoms with van der Waals surface area (Å²) in [6, 6.07) is 0.0592. The average Bonchev–Trinajstić information content (AvgIpc) is 2.35. The highest BCUT2D eigenvalue weighted by atomic mass is 16.5. The molecule has 1 unspecified atom stereocenters. The van der Waals surface area contributed by atoms with Crippen molar-refractivity contribution in [3.8, 4) is 0 Å². The number of carbonyl (C=O) groups is 1. The number of hydrogen-bond acceptors (Lipinski definition) is 3. The predicted octanol–water partition coefficient (Wildman–Crippen LogP) is 2.45. The Kier molecular flexibility index (Phi) is 4.43. The largest absolute Gasteiger partial charge is 0.468 e. The lowest BCUT2D eigenvalue weighted by molar-refractivity contribution is -0.152. The van der Waals surface area contributed by atoms with Gasteiger partial charge in [0.15, 0.2) is 0 Å². The molecule has 0 N–H and O–H groups in total. The summed E-state index contributed by atoms with van der Waals surface area (Å²) in [7, 11) is 1.49. The molecule has 0 radical (unpaired) electrons. The first-order valence-corrected chi connectivity index (χ1v) is 7.06. The Morgan fingerprint density at radius 1 is 1.18 bits per heavy atom. The van der Waals surface area contributed by atoms with Crippen molar-refractivity contribution in [2.45, 2.75) is 51.5 Å². The smallest absolute Gasteiger partial charge is 0.323 e. The van der Waals surface area contributed by atoms with E-state index in [9.17, 15) is 4.79 Å². The van der Waals surface area contributed by atoms with E-state index in [0.29, 0.717) is 0 Å². The fourth-order valence-corrected chi connectivity index (χ4v) is 3.22. The van der Waals surface area contributed by atoms with Crippen molar-refractivity contribution in [2.75, 3.05) is 20.2 Å². The maximum atomic E-state index is 11.5. The normalized spacial score (nSPS) is 34.1. The Morgan fingerprint density at radius 2 is 1.82 bits per heavy atom. The fraction of sp³-hybridized carbons (Fsp3) is 0.929. The van der Waals surface area contributed by atoms with Gasteiger partial charge in [0.2, 0.25) is 0 Å². The molecule has 1 saturated carbocycles. The quantitative estimate of drug-likeness (QED) is 0.706. The van der Waals surface area contributed by atoms with Crippen LogP contribution in [-0.4, -0.2) is 37.1 Å². The summed E-state index contributed by atoms with van der Waals surface area (Å²) in [5.41, 5.74) is 0. The van der Waals surface area contributed by atoms with Crippen molar-refractivity contribution in [3.63, 3.8) is 0 Å². The van der Waals surface area contributed by atoms with E-state index in [1.165, 1.54) is 39.2 Å². The third-order valence-electron chi connectivity index (χ3n) is 4.64. The fourth-order valence-electron chi connectivity index (χ4n) is 3.22. The maximum absolute atomic E-state index is 11.5. The molecule has 0 amide bonds. The van der Waals surface area contributed by atoms with Gasteiger partial charge >= 0.3 is 5.97 Å². The highest BCUT2D eigenvalue weighted by Gasteiger charge is 2.36. The molecule has 98 valence electrons.